The van der Waals surface area contributed by atoms with Crippen molar-refractivity contribution < 1.29 is 4.42 Å². The molecule has 3 nitrogen and oxygen atoms in total. The summed E-state index contributed by atoms with van der Waals surface area (Å²) in [4.78, 5) is 3.97. The van der Waals surface area contributed by atoms with Crippen molar-refractivity contribution >= 4 is 131 Å². The molecule has 0 amide bonds. The predicted octanol–water partition coefficient (Wildman–Crippen LogP) is 14.4. The van der Waals surface area contributed by atoms with Gasteiger partial charge in [-0.2, -0.15) is 0 Å². The number of fused-ring (bicyclic) bond motifs is 18. The van der Waals surface area contributed by atoms with Crippen molar-refractivity contribution in [3.63, 3.8) is 0 Å². The Bertz CT molecular complexity index is 3720. The van der Waals surface area contributed by atoms with Crippen LogP contribution in [0, 0.1) is 6.92 Å². The molecule has 282 valence electrons. The Hall–Kier alpha value is -5.82. The molecule has 0 saturated carbocycles. The quantitative estimate of drug-likeness (QED) is 0.154. The fraction of sp³-hybridized carbons (Fsp3) is 0.170. The second kappa shape index (κ2) is 10.9. The molecule has 0 N–H and O–H groups in total. The van der Waals surface area contributed by atoms with Crippen LogP contribution in [-0.4, -0.2) is 11.3 Å². The second-order valence-electron chi connectivity index (χ2n) is 18.7. The van der Waals surface area contributed by atoms with Crippen molar-refractivity contribution in [2.75, 3.05) is 4.90 Å². The molecule has 6 heteroatoms. The maximum absolute atomic E-state index is 7.16. The highest BCUT2D eigenvalue weighted by atomic mass is 32.1. The van der Waals surface area contributed by atoms with E-state index in [0.717, 1.165) is 16.6 Å². The summed E-state index contributed by atoms with van der Waals surface area (Å²) in [7, 11) is 0. The van der Waals surface area contributed by atoms with E-state index >= 15 is 0 Å². The van der Waals surface area contributed by atoms with E-state index in [1.165, 1.54) is 125 Å². The predicted molar refractivity (Wildman–Crippen MR) is 256 cm³/mol. The Labute approximate surface area is 350 Å². The van der Waals surface area contributed by atoms with Crippen LogP contribution >= 0.6 is 22.7 Å². The zero-order valence-electron chi connectivity index (χ0n) is 33.7. The molecule has 2 aliphatic heterocycles. The van der Waals surface area contributed by atoms with E-state index in [0.29, 0.717) is 0 Å². The number of hydrogen-bond donors (Lipinski definition) is 0. The van der Waals surface area contributed by atoms with Crippen LogP contribution < -0.4 is 15.8 Å². The van der Waals surface area contributed by atoms with Crippen LogP contribution in [0.2, 0.25) is 0 Å². The molecule has 1 aliphatic carbocycles. The Kier molecular flexibility index (Phi) is 6.09. The van der Waals surface area contributed by atoms with E-state index in [1.54, 1.807) is 0 Å². The first kappa shape index (κ1) is 33.1. The minimum atomic E-state index is -0.110. The first-order valence-electron chi connectivity index (χ1n) is 21.0. The summed E-state index contributed by atoms with van der Waals surface area (Å²) in [6.45, 7) is 12.0. The van der Waals surface area contributed by atoms with Crippen molar-refractivity contribution in [1.82, 2.24) is 4.48 Å². The third kappa shape index (κ3) is 4.00. The van der Waals surface area contributed by atoms with Gasteiger partial charge in [-0.25, -0.2) is 0 Å². The molecule has 11 aromatic rings. The number of aryl methyl sites for hydroxylation is 1. The van der Waals surface area contributed by atoms with E-state index in [4.69, 9.17) is 4.42 Å². The number of anilines is 3. The van der Waals surface area contributed by atoms with E-state index in [2.05, 4.69) is 165 Å². The highest BCUT2D eigenvalue weighted by Crippen LogP contribution is 2.55. The van der Waals surface area contributed by atoms with Gasteiger partial charge in [0.1, 0.15) is 11.2 Å². The van der Waals surface area contributed by atoms with Crippen molar-refractivity contribution in [3.8, 4) is 11.1 Å². The fourth-order valence-corrected chi connectivity index (χ4v) is 14.1. The molecule has 59 heavy (non-hydrogen) atoms. The van der Waals surface area contributed by atoms with Gasteiger partial charge >= 0.3 is 6.85 Å². The van der Waals surface area contributed by atoms with Crippen LogP contribution in [0.5, 0.6) is 0 Å². The molecule has 14 rings (SSSR count). The Morgan fingerprint density at radius 3 is 2.10 bits per heavy atom. The van der Waals surface area contributed by atoms with Gasteiger partial charge in [-0.15, -0.1) is 22.7 Å². The van der Waals surface area contributed by atoms with Gasteiger partial charge in [0.2, 0.25) is 0 Å². The molecule has 0 fully saturated rings. The summed E-state index contributed by atoms with van der Waals surface area (Å²) in [5.41, 5.74) is 16.7. The second-order valence-corrected chi connectivity index (χ2v) is 20.8. The SMILES string of the molecule is Cc1cc2c(cc1N1c3cc4c(sc5ccccc54)c4c3B(c3c1ccc1c3oc3ccccc31)n1c3sc5ccccc5c3c3cccc-4c31)C(C)(C)CCC2(C)C. The van der Waals surface area contributed by atoms with Gasteiger partial charge in [0.25, 0.3) is 0 Å². The molecular formula is C53H39BN2OS2. The molecule has 3 aliphatic rings. The number of nitrogens with zero attached hydrogens (tertiary/aromatic N) is 2. The van der Waals surface area contributed by atoms with Crippen LogP contribution in [0.3, 0.4) is 0 Å². The van der Waals surface area contributed by atoms with Crippen LogP contribution in [-0.2, 0) is 10.8 Å². The van der Waals surface area contributed by atoms with Gasteiger partial charge in [-0.05, 0) is 95.2 Å². The summed E-state index contributed by atoms with van der Waals surface area (Å²) in [5.74, 6) is 0. The molecule has 0 spiro atoms. The van der Waals surface area contributed by atoms with E-state index in [1.807, 2.05) is 22.7 Å². The zero-order valence-corrected chi connectivity index (χ0v) is 35.3. The third-order valence-corrected chi connectivity index (χ3v) is 16.9. The number of thiophene rings is 2. The van der Waals surface area contributed by atoms with Gasteiger partial charge in [0.15, 0.2) is 0 Å². The highest BCUT2D eigenvalue weighted by molar-refractivity contribution is 7.27. The lowest BCUT2D eigenvalue weighted by Crippen LogP contribution is -2.57. The van der Waals surface area contributed by atoms with Crippen LogP contribution in [0.25, 0.3) is 84.4 Å². The molecule has 0 unspecified atom stereocenters. The summed E-state index contributed by atoms with van der Waals surface area (Å²) in [6.07, 6.45) is 2.36. The first-order chi connectivity index (χ1) is 28.7. The van der Waals surface area contributed by atoms with E-state index < -0.39 is 0 Å². The smallest absolute Gasteiger partial charge is 0.337 e. The topological polar surface area (TPSA) is 21.3 Å². The third-order valence-electron chi connectivity index (χ3n) is 14.6. The van der Waals surface area contributed by atoms with Gasteiger partial charge in [-0.1, -0.05) is 107 Å². The molecule has 0 saturated heterocycles. The number of rotatable bonds is 1. The Morgan fingerprint density at radius 2 is 1.29 bits per heavy atom. The van der Waals surface area contributed by atoms with Gasteiger partial charge < -0.3 is 13.8 Å². The first-order valence-corrected chi connectivity index (χ1v) is 22.6. The normalized spacial score (nSPS) is 16.3. The summed E-state index contributed by atoms with van der Waals surface area (Å²) in [6, 6.07) is 46.1. The average molecular weight is 795 g/mol. The number of benzene rings is 7. The lowest BCUT2D eigenvalue weighted by Gasteiger charge is -2.44. The standard InChI is InChI=1S/C53H39BN2OS2/c1-28-25-36-37(53(4,5)24-23-52(36,2)3)27-39(28)55-38-22-21-31-29-13-6-9-18-41(29)57-49(31)47(38)54-46-40(55)26-35-30-14-7-10-19-42(30)58-50(35)45(46)34-17-12-16-33-44-32-15-8-11-20-43(32)59-51(44)56(54)48(33)34/h6-22,25-27H,23-24H2,1-5H3. The summed E-state index contributed by atoms with van der Waals surface area (Å²) in [5, 5.41) is 9.02. The van der Waals surface area contributed by atoms with Gasteiger partial charge in [-0.3, -0.25) is 0 Å². The molecule has 6 heterocycles. The lowest BCUT2D eigenvalue weighted by atomic mass is 9.45. The fourth-order valence-electron chi connectivity index (χ4n) is 11.6. The average Bonchev–Trinajstić information content (AvgIpc) is 4.00. The van der Waals surface area contributed by atoms with Crippen molar-refractivity contribution in [1.29, 1.82) is 0 Å². The summed E-state index contributed by atoms with van der Waals surface area (Å²) < 4.78 is 13.9. The van der Waals surface area contributed by atoms with E-state index in [9.17, 15) is 0 Å². The van der Waals surface area contributed by atoms with Crippen molar-refractivity contribution in [2.24, 2.45) is 0 Å². The van der Waals surface area contributed by atoms with Gasteiger partial charge in [0.05, 0.1) is 4.83 Å². The Morgan fingerprint density at radius 1 is 0.593 bits per heavy atom. The van der Waals surface area contributed by atoms with Gasteiger partial charge in [0, 0.05) is 91.0 Å². The molecule has 7 aromatic carbocycles. The number of aromatic nitrogens is 1. The summed E-state index contributed by atoms with van der Waals surface area (Å²) >= 11 is 3.88. The van der Waals surface area contributed by atoms with E-state index in [-0.39, 0.29) is 17.7 Å². The minimum Gasteiger partial charge on any atom is -0.456 e. The monoisotopic (exact) mass is 794 g/mol. The zero-order chi connectivity index (χ0) is 39.3. The lowest BCUT2D eigenvalue weighted by molar-refractivity contribution is 0.332. The van der Waals surface area contributed by atoms with Crippen LogP contribution in [0.15, 0.2) is 126 Å². The molecule has 0 radical (unpaired) electrons. The molecule has 0 atom stereocenters. The van der Waals surface area contributed by atoms with Crippen molar-refractivity contribution in [3.05, 3.63) is 138 Å². The number of furan rings is 1. The maximum atomic E-state index is 7.16. The maximum Gasteiger partial charge on any atom is 0.337 e. The number of para-hydroxylation sites is 2. The van der Waals surface area contributed by atoms with Crippen LogP contribution in [0.4, 0.5) is 17.1 Å². The van der Waals surface area contributed by atoms with Crippen LogP contribution in [0.1, 0.15) is 57.2 Å². The Balaban J connectivity index is 1.22. The molecular weight excluding hydrogens is 756 g/mol. The largest absolute Gasteiger partial charge is 0.456 e. The highest BCUT2D eigenvalue weighted by Gasteiger charge is 2.47. The molecule has 0 bridgehead atoms. The number of hydrogen-bond acceptors (Lipinski definition) is 4. The minimum absolute atomic E-state index is 0.0621. The molecule has 4 aromatic heterocycles. The van der Waals surface area contributed by atoms with Crippen molar-refractivity contribution in [2.45, 2.75) is 58.3 Å².